The molecule has 0 bridgehead atoms. The van der Waals surface area contributed by atoms with Crippen LogP contribution in [-0.4, -0.2) is 32.1 Å². The number of halogens is 1. The third-order valence-corrected chi connectivity index (χ3v) is 3.37. The van der Waals surface area contributed by atoms with Crippen molar-refractivity contribution in [3.8, 4) is 5.75 Å². The van der Waals surface area contributed by atoms with Crippen LogP contribution in [0.2, 0.25) is 5.02 Å². The van der Waals surface area contributed by atoms with Gasteiger partial charge in [0.05, 0.1) is 12.7 Å². The van der Waals surface area contributed by atoms with E-state index in [1.54, 1.807) is 24.4 Å². The highest BCUT2D eigenvalue weighted by molar-refractivity contribution is 6.30. The molecule has 0 spiro atoms. The number of pyridine rings is 1. The third kappa shape index (κ3) is 3.68. The predicted octanol–water partition coefficient (Wildman–Crippen LogP) is 2.74. The van der Waals surface area contributed by atoms with Crippen molar-refractivity contribution in [3.63, 3.8) is 0 Å². The largest absolute Gasteiger partial charge is 0.496 e. The number of methoxy groups -OCH3 is 1. The van der Waals surface area contributed by atoms with Gasteiger partial charge in [-0.1, -0.05) is 17.7 Å². The Morgan fingerprint density at radius 1 is 1.36 bits per heavy atom. The quantitative estimate of drug-likeness (QED) is 0.920. The van der Waals surface area contributed by atoms with Crippen LogP contribution in [0.1, 0.15) is 15.9 Å². The zero-order chi connectivity index (χ0) is 16.1. The number of amides is 1. The number of hydrogen-bond donors (Lipinski definition) is 1. The molecule has 0 aliphatic rings. The van der Waals surface area contributed by atoms with E-state index in [0.29, 0.717) is 22.9 Å². The molecular weight excluding hydrogens is 302 g/mol. The Balaban J connectivity index is 2.14. The molecule has 2 rings (SSSR count). The molecule has 1 aromatic carbocycles. The molecule has 1 N–H and O–H groups in total. The van der Waals surface area contributed by atoms with Crippen molar-refractivity contribution >= 4 is 23.3 Å². The van der Waals surface area contributed by atoms with Gasteiger partial charge in [0.2, 0.25) is 0 Å². The Kier molecular flexibility index (Phi) is 5.22. The van der Waals surface area contributed by atoms with E-state index in [0.717, 1.165) is 11.4 Å². The second-order valence-corrected chi connectivity index (χ2v) is 5.34. The van der Waals surface area contributed by atoms with E-state index in [4.69, 9.17) is 16.3 Å². The number of carbonyl (C=O) groups excluding carboxylic acids is 1. The van der Waals surface area contributed by atoms with Crippen LogP contribution >= 0.6 is 11.6 Å². The number of ether oxygens (including phenoxy) is 1. The van der Waals surface area contributed by atoms with Crippen LogP contribution in [0.25, 0.3) is 0 Å². The molecule has 0 aliphatic carbocycles. The highest BCUT2D eigenvalue weighted by atomic mass is 35.5. The summed E-state index contributed by atoms with van der Waals surface area (Å²) >= 11 is 5.90. The monoisotopic (exact) mass is 319 g/mol. The first kappa shape index (κ1) is 16.1. The van der Waals surface area contributed by atoms with Crippen LogP contribution in [0.3, 0.4) is 0 Å². The van der Waals surface area contributed by atoms with E-state index in [1.165, 1.54) is 7.11 Å². The minimum atomic E-state index is -0.220. The molecule has 0 unspecified atom stereocenters. The molecule has 0 saturated carbocycles. The predicted molar refractivity (Wildman–Crippen MR) is 87.7 cm³/mol. The number of nitrogens with one attached hydrogen (secondary N) is 1. The number of anilines is 1. The summed E-state index contributed by atoms with van der Waals surface area (Å²) in [4.78, 5) is 18.5. The molecule has 0 saturated heterocycles. The van der Waals surface area contributed by atoms with E-state index >= 15 is 0 Å². The number of aromatic nitrogens is 1. The summed E-state index contributed by atoms with van der Waals surface area (Å²) in [5.41, 5.74) is 1.39. The van der Waals surface area contributed by atoms with E-state index < -0.39 is 0 Å². The maximum Gasteiger partial charge on any atom is 0.255 e. The molecule has 1 amide bonds. The minimum Gasteiger partial charge on any atom is -0.496 e. The highest BCUT2D eigenvalue weighted by Crippen LogP contribution is 2.23. The minimum absolute atomic E-state index is 0.220. The topological polar surface area (TPSA) is 54.5 Å². The van der Waals surface area contributed by atoms with Gasteiger partial charge in [0.1, 0.15) is 11.6 Å². The average Bonchev–Trinajstić information content (AvgIpc) is 2.52. The van der Waals surface area contributed by atoms with Gasteiger partial charge >= 0.3 is 0 Å². The first-order valence-electron chi connectivity index (χ1n) is 6.76. The molecule has 2 aromatic rings. The van der Waals surface area contributed by atoms with Crippen LogP contribution in [0.4, 0.5) is 5.82 Å². The third-order valence-electron chi connectivity index (χ3n) is 3.14. The standard InChI is InChI=1S/C16H18ClN3O2/c1-20(2)15-11(5-4-8-18-15)10-19-16(21)13-7-6-12(17)9-14(13)22-3/h4-9H,10H2,1-3H3,(H,19,21). The van der Waals surface area contributed by atoms with Crippen LogP contribution < -0.4 is 15.0 Å². The first-order valence-corrected chi connectivity index (χ1v) is 7.13. The number of hydrogen-bond acceptors (Lipinski definition) is 4. The summed E-state index contributed by atoms with van der Waals surface area (Å²) < 4.78 is 5.20. The van der Waals surface area contributed by atoms with E-state index in [9.17, 15) is 4.79 Å². The van der Waals surface area contributed by atoms with Crippen LogP contribution in [0.15, 0.2) is 36.5 Å². The van der Waals surface area contributed by atoms with Gasteiger partial charge in [0.15, 0.2) is 0 Å². The van der Waals surface area contributed by atoms with Gasteiger partial charge in [-0.2, -0.15) is 0 Å². The molecule has 6 heteroatoms. The van der Waals surface area contributed by atoms with Gasteiger partial charge in [-0.15, -0.1) is 0 Å². The van der Waals surface area contributed by atoms with Crippen LogP contribution in [0, 0.1) is 0 Å². The Bertz CT molecular complexity index is 674. The van der Waals surface area contributed by atoms with E-state index in [-0.39, 0.29) is 5.91 Å². The van der Waals surface area contributed by atoms with Gasteiger partial charge in [-0.05, 0) is 24.3 Å². The molecule has 0 fully saturated rings. The number of carbonyl (C=O) groups is 1. The summed E-state index contributed by atoms with van der Waals surface area (Å²) in [6, 6.07) is 8.70. The van der Waals surface area contributed by atoms with Crippen molar-refractivity contribution in [1.29, 1.82) is 0 Å². The SMILES string of the molecule is COc1cc(Cl)ccc1C(=O)NCc1cccnc1N(C)C. The molecule has 0 atom stereocenters. The lowest BCUT2D eigenvalue weighted by atomic mass is 10.1. The Morgan fingerprint density at radius 2 is 2.14 bits per heavy atom. The van der Waals surface area contributed by atoms with Crippen molar-refractivity contribution in [2.24, 2.45) is 0 Å². The Hall–Kier alpha value is -2.27. The van der Waals surface area contributed by atoms with E-state index in [2.05, 4.69) is 10.3 Å². The average molecular weight is 320 g/mol. The van der Waals surface area contributed by atoms with Crippen molar-refractivity contribution in [2.75, 3.05) is 26.1 Å². The normalized spacial score (nSPS) is 10.2. The molecule has 0 radical (unpaired) electrons. The lowest BCUT2D eigenvalue weighted by Gasteiger charge is -2.16. The smallest absolute Gasteiger partial charge is 0.255 e. The summed E-state index contributed by atoms with van der Waals surface area (Å²) in [7, 11) is 5.33. The lowest BCUT2D eigenvalue weighted by molar-refractivity contribution is 0.0948. The Labute approximate surface area is 134 Å². The lowest BCUT2D eigenvalue weighted by Crippen LogP contribution is -2.25. The zero-order valence-corrected chi connectivity index (χ0v) is 13.5. The van der Waals surface area contributed by atoms with Crippen molar-refractivity contribution < 1.29 is 9.53 Å². The van der Waals surface area contributed by atoms with Crippen LogP contribution in [0.5, 0.6) is 5.75 Å². The molecular formula is C16H18ClN3O2. The first-order chi connectivity index (χ1) is 10.5. The fraction of sp³-hybridized carbons (Fsp3) is 0.250. The fourth-order valence-electron chi connectivity index (χ4n) is 2.09. The maximum absolute atomic E-state index is 12.3. The summed E-state index contributed by atoms with van der Waals surface area (Å²) in [6.45, 7) is 0.381. The number of nitrogens with zero attached hydrogens (tertiary/aromatic N) is 2. The van der Waals surface area contributed by atoms with Gasteiger partial charge in [0.25, 0.3) is 5.91 Å². The number of benzene rings is 1. The van der Waals surface area contributed by atoms with Gasteiger partial charge in [-0.3, -0.25) is 4.79 Å². The zero-order valence-electron chi connectivity index (χ0n) is 12.8. The van der Waals surface area contributed by atoms with Crippen LogP contribution in [-0.2, 0) is 6.54 Å². The molecule has 1 heterocycles. The molecule has 0 aliphatic heterocycles. The molecule has 5 nitrogen and oxygen atoms in total. The van der Waals surface area contributed by atoms with Gasteiger partial charge in [0, 0.05) is 37.4 Å². The number of rotatable bonds is 5. The van der Waals surface area contributed by atoms with Crippen molar-refractivity contribution in [3.05, 3.63) is 52.7 Å². The summed E-state index contributed by atoms with van der Waals surface area (Å²) in [6.07, 6.45) is 1.73. The Morgan fingerprint density at radius 3 is 2.82 bits per heavy atom. The fourth-order valence-corrected chi connectivity index (χ4v) is 2.26. The highest BCUT2D eigenvalue weighted by Gasteiger charge is 2.13. The van der Waals surface area contributed by atoms with Crippen molar-refractivity contribution in [2.45, 2.75) is 6.54 Å². The van der Waals surface area contributed by atoms with Gasteiger partial charge < -0.3 is 15.0 Å². The summed E-state index contributed by atoms with van der Waals surface area (Å²) in [5.74, 6) is 1.05. The van der Waals surface area contributed by atoms with E-state index in [1.807, 2.05) is 31.1 Å². The maximum atomic E-state index is 12.3. The molecule has 116 valence electrons. The molecule has 1 aromatic heterocycles. The summed E-state index contributed by atoms with van der Waals surface area (Å²) in [5, 5.41) is 3.40. The second-order valence-electron chi connectivity index (χ2n) is 4.91. The van der Waals surface area contributed by atoms with Gasteiger partial charge in [-0.25, -0.2) is 4.98 Å². The van der Waals surface area contributed by atoms with Crippen molar-refractivity contribution in [1.82, 2.24) is 10.3 Å². The molecule has 22 heavy (non-hydrogen) atoms. The second kappa shape index (κ2) is 7.13.